The fourth-order valence-corrected chi connectivity index (χ4v) is 1.46. The Balaban J connectivity index is 3.05. The van der Waals surface area contributed by atoms with Crippen LogP contribution in [0.1, 0.15) is 19.5 Å². The number of rotatable bonds is 4. The minimum Gasteiger partial charge on any atom is -0.357 e. The molecule has 1 aromatic rings. The molecule has 0 saturated carbocycles. The molecule has 0 spiro atoms. The van der Waals surface area contributed by atoms with Gasteiger partial charge in [0.05, 0.1) is 4.92 Å². The monoisotopic (exact) mass is 209 g/mol. The molecule has 5 nitrogen and oxygen atoms in total. The van der Waals surface area contributed by atoms with Gasteiger partial charge < -0.3 is 4.90 Å². The van der Waals surface area contributed by atoms with E-state index in [1.165, 1.54) is 6.07 Å². The van der Waals surface area contributed by atoms with Gasteiger partial charge in [0.25, 0.3) is 5.69 Å². The molecule has 0 aliphatic rings. The number of nitrogens with zero attached hydrogens (tertiary/aromatic N) is 3. The van der Waals surface area contributed by atoms with E-state index in [-0.39, 0.29) is 5.69 Å². The summed E-state index contributed by atoms with van der Waals surface area (Å²) in [7, 11) is 0. The topological polar surface area (TPSA) is 59.3 Å². The van der Waals surface area contributed by atoms with Crippen molar-refractivity contribution in [3.8, 4) is 0 Å². The minimum atomic E-state index is -0.408. The molecule has 0 fully saturated rings. The van der Waals surface area contributed by atoms with Crippen molar-refractivity contribution in [1.29, 1.82) is 0 Å². The molecule has 0 bridgehead atoms. The molecule has 0 unspecified atom stereocenters. The van der Waals surface area contributed by atoms with Crippen LogP contribution in [0.15, 0.2) is 12.1 Å². The van der Waals surface area contributed by atoms with Crippen LogP contribution in [0.3, 0.4) is 0 Å². The second kappa shape index (κ2) is 4.72. The van der Waals surface area contributed by atoms with Crippen LogP contribution < -0.4 is 4.90 Å². The fourth-order valence-electron chi connectivity index (χ4n) is 1.46. The second-order valence-electron chi connectivity index (χ2n) is 3.20. The van der Waals surface area contributed by atoms with Gasteiger partial charge in [-0.3, -0.25) is 10.1 Å². The highest BCUT2D eigenvalue weighted by molar-refractivity contribution is 5.46. The van der Waals surface area contributed by atoms with E-state index >= 15 is 0 Å². The lowest BCUT2D eigenvalue weighted by atomic mass is 10.3. The van der Waals surface area contributed by atoms with Crippen LogP contribution >= 0.6 is 0 Å². The smallest absolute Gasteiger partial charge is 0.290 e. The maximum absolute atomic E-state index is 10.6. The third-order valence-corrected chi connectivity index (χ3v) is 2.33. The first-order valence-electron chi connectivity index (χ1n) is 4.97. The van der Waals surface area contributed by atoms with Gasteiger partial charge >= 0.3 is 0 Å². The van der Waals surface area contributed by atoms with Crippen molar-refractivity contribution in [2.45, 2.75) is 20.8 Å². The van der Waals surface area contributed by atoms with Crippen LogP contribution in [0.25, 0.3) is 0 Å². The Morgan fingerprint density at radius 2 is 2.00 bits per heavy atom. The lowest BCUT2D eigenvalue weighted by Gasteiger charge is -2.19. The number of hydrogen-bond acceptors (Lipinski definition) is 4. The van der Waals surface area contributed by atoms with Gasteiger partial charge in [-0.15, -0.1) is 0 Å². The predicted octanol–water partition coefficient (Wildman–Crippen LogP) is 2.14. The van der Waals surface area contributed by atoms with E-state index in [1.807, 2.05) is 13.8 Å². The normalized spacial score (nSPS) is 10.1. The Hall–Kier alpha value is -1.65. The molecule has 0 saturated heterocycles. The number of hydrogen-bond donors (Lipinski definition) is 0. The van der Waals surface area contributed by atoms with Gasteiger partial charge in [-0.2, -0.15) is 0 Å². The van der Waals surface area contributed by atoms with Crippen LogP contribution in [0, 0.1) is 17.0 Å². The van der Waals surface area contributed by atoms with E-state index in [2.05, 4.69) is 9.88 Å². The number of pyridine rings is 1. The van der Waals surface area contributed by atoms with E-state index < -0.39 is 4.92 Å². The van der Waals surface area contributed by atoms with Gasteiger partial charge in [0, 0.05) is 19.2 Å². The molecule has 82 valence electrons. The Morgan fingerprint density at radius 1 is 1.40 bits per heavy atom. The molecule has 1 aromatic heterocycles. The Morgan fingerprint density at radius 3 is 2.40 bits per heavy atom. The second-order valence-corrected chi connectivity index (χ2v) is 3.20. The molecule has 5 heteroatoms. The molecule has 0 atom stereocenters. The van der Waals surface area contributed by atoms with Crippen LogP contribution in [-0.4, -0.2) is 23.0 Å². The molecule has 0 N–H and O–H groups in total. The summed E-state index contributed by atoms with van der Waals surface area (Å²) in [5.41, 5.74) is 0.537. The summed E-state index contributed by atoms with van der Waals surface area (Å²) in [6.07, 6.45) is 0. The SMILES string of the molecule is CCN(CC)c1ccc([N+](=O)[O-])c(C)n1. The maximum Gasteiger partial charge on any atom is 0.290 e. The predicted molar refractivity (Wildman–Crippen MR) is 59.2 cm³/mol. The zero-order valence-corrected chi connectivity index (χ0v) is 9.23. The Labute approximate surface area is 88.9 Å². The van der Waals surface area contributed by atoms with Gasteiger partial charge in [-0.05, 0) is 26.8 Å². The molecule has 1 heterocycles. The quantitative estimate of drug-likeness (QED) is 0.563. The highest BCUT2D eigenvalue weighted by atomic mass is 16.6. The zero-order chi connectivity index (χ0) is 11.4. The highest BCUT2D eigenvalue weighted by Gasteiger charge is 2.13. The number of nitro groups is 1. The molecule has 15 heavy (non-hydrogen) atoms. The van der Waals surface area contributed by atoms with Gasteiger partial charge in [0.15, 0.2) is 0 Å². The maximum atomic E-state index is 10.6. The lowest BCUT2D eigenvalue weighted by molar-refractivity contribution is -0.385. The standard InChI is InChI=1S/C10H15N3O2/c1-4-12(5-2)10-7-6-9(13(14)15)8(3)11-10/h6-7H,4-5H2,1-3H3. The highest BCUT2D eigenvalue weighted by Crippen LogP contribution is 2.19. The summed E-state index contributed by atoms with van der Waals surface area (Å²) in [4.78, 5) is 16.5. The van der Waals surface area contributed by atoms with Crippen molar-refractivity contribution in [3.63, 3.8) is 0 Å². The Bertz CT molecular complexity index is 362. The fraction of sp³-hybridized carbons (Fsp3) is 0.500. The summed E-state index contributed by atoms with van der Waals surface area (Å²) < 4.78 is 0. The number of anilines is 1. The van der Waals surface area contributed by atoms with Crippen LogP contribution in [0.4, 0.5) is 11.5 Å². The zero-order valence-electron chi connectivity index (χ0n) is 9.23. The van der Waals surface area contributed by atoms with Crippen molar-refractivity contribution in [2.75, 3.05) is 18.0 Å². The number of aromatic nitrogens is 1. The summed E-state index contributed by atoms with van der Waals surface area (Å²) in [5, 5.41) is 10.6. The van der Waals surface area contributed by atoms with Gasteiger partial charge in [0.2, 0.25) is 0 Å². The van der Waals surface area contributed by atoms with Crippen molar-refractivity contribution in [3.05, 3.63) is 27.9 Å². The molecular weight excluding hydrogens is 194 g/mol. The molecule has 0 aliphatic heterocycles. The summed E-state index contributed by atoms with van der Waals surface area (Å²) in [6, 6.07) is 3.20. The first-order valence-corrected chi connectivity index (χ1v) is 4.97. The first-order chi connectivity index (χ1) is 7.10. The van der Waals surface area contributed by atoms with Crippen LogP contribution in [0.5, 0.6) is 0 Å². The summed E-state index contributed by atoms with van der Waals surface area (Å²) in [5.74, 6) is 0.795. The van der Waals surface area contributed by atoms with Gasteiger partial charge in [-0.1, -0.05) is 0 Å². The molecule has 0 aliphatic carbocycles. The lowest BCUT2D eigenvalue weighted by Crippen LogP contribution is -2.23. The average Bonchev–Trinajstić information content (AvgIpc) is 2.19. The average molecular weight is 209 g/mol. The van der Waals surface area contributed by atoms with E-state index in [1.54, 1.807) is 13.0 Å². The molecule has 0 amide bonds. The van der Waals surface area contributed by atoms with Crippen molar-refractivity contribution >= 4 is 11.5 Å². The van der Waals surface area contributed by atoms with E-state index in [9.17, 15) is 10.1 Å². The van der Waals surface area contributed by atoms with Gasteiger partial charge in [-0.25, -0.2) is 4.98 Å². The minimum absolute atomic E-state index is 0.0749. The third kappa shape index (κ3) is 2.43. The summed E-state index contributed by atoms with van der Waals surface area (Å²) >= 11 is 0. The Kier molecular flexibility index (Phi) is 3.60. The third-order valence-electron chi connectivity index (χ3n) is 2.33. The number of aryl methyl sites for hydroxylation is 1. The van der Waals surface area contributed by atoms with Crippen molar-refractivity contribution in [2.24, 2.45) is 0 Å². The van der Waals surface area contributed by atoms with Crippen molar-refractivity contribution in [1.82, 2.24) is 4.98 Å². The molecule has 0 aromatic carbocycles. The summed E-state index contributed by atoms with van der Waals surface area (Å²) in [6.45, 7) is 7.41. The van der Waals surface area contributed by atoms with Gasteiger partial charge in [0.1, 0.15) is 11.5 Å². The molecule has 1 rings (SSSR count). The van der Waals surface area contributed by atoms with Crippen molar-refractivity contribution < 1.29 is 4.92 Å². The largest absolute Gasteiger partial charge is 0.357 e. The van der Waals surface area contributed by atoms with E-state index in [4.69, 9.17) is 0 Å². The first kappa shape index (κ1) is 11.4. The molecular formula is C10H15N3O2. The van der Waals surface area contributed by atoms with Crippen LogP contribution in [-0.2, 0) is 0 Å². The van der Waals surface area contributed by atoms with Crippen LogP contribution in [0.2, 0.25) is 0 Å². The van der Waals surface area contributed by atoms with E-state index in [0.717, 1.165) is 18.9 Å². The van der Waals surface area contributed by atoms with E-state index in [0.29, 0.717) is 5.69 Å². The molecule has 0 radical (unpaired) electrons.